The highest BCUT2D eigenvalue weighted by Crippen LogP contribution is 2.55. The molecule has 5 heteroatoms. The second-order valence-electron chi connectivity index (χ2n) is 6.44. The van der Waals surface area contributed by atoms with Gasteiger partial charge in [0.2, 0.25) is 5.91 Å². The monoisotopic (exact) mass is 262 g/mol. The Hall–Kier alpha value is -1.39. The highest BCUT2D eigenvalue weighted by atomic mass is 16.2. The normalized spacial score (nSPS) is 25.1. The van der Waals surface area contributed by atoms with E-state index in [1.165, 1.54) is 19.3 Å². The number of amides is 1. The zero-order valence-corrected chi connectivity index (χ0v) is 12.0. The van der Waals surface area contributed by atoms with Gasteiger partial charge in [-0.2, -0.15) is 0 Å². The number of aryl methyl sites for hydroxylation is 1. The van der Waals surface area contributed by atoms with Crippen LogP contribution in [0.5, 0.6) is 0 Å². The number of carbonyl (C=O) groups excluding carboxylic acids is 1. The van der Waals surface area contributed by atoms with E-state index in [9.17, 15) is 4.79 Å². The molecule has 0 aromatic carbocycles. The minimum absolute atomic E-state index is 0.0790. The molecule has 2 fully saturated rings. The summed E-state index contributed by atoms with van der Waals surface area (Å²) in [5, 5.41) is 8.29. The molecule has 104 valence electrons. The maximum Gasteiger partial charge on any atom is 0.225 e. The summed E-state index contributed by atoms with van der Waals surface area (Å²) in [5.41, 5.74) is 0.269. The van der Waals surface area contributed by atoms with E-state index in [4.69, 9.17) is 0 Å². The molecule has 1 amide bonds. The highest BCUT2D eigenvalue weighted by Gasteiger charge is 2.53. The zero-order chi connectivity index (χ0) is 13.6. The first-order valence-electron chi connectivity index (χ1n) is 7.16. The first-order chi connectivity index (χ1) is 9.03. The largest absolute Gasteiger partial charge is 0.341 e. The molecule has 5 nitrogen and oxygen atoms in total. The number of aromatic nitrogens is 3. The van der Waals surface area contributed by atoms with Gasteiger partial charge in [-0.1, -0.05) is 20.3 Å². The third-order valence-corrected chi connectivity index (χ3v) is 4.86. The van der Waals surface area contributed by atoms with E-state index in [1.54, 1.807) is 6.33 Å². The molecule has 19 heavy (non-hydrogen) atoms. The Morgan fingerprint density at radius 1 is 1.47 bits per heavy atom. The second-order valence-corrected chi connectivity index (χ2v) is 6.44. The molecule has 0 bridgehead atoms. The summed E-state index contributed by atoms with van der Waals surface area (Å²) in [6.45, 7) is 5.67. The summed E-state index contributed by atoms with van der Waals surface area (Å²) in [7, 11) is 1.99. The first kappa shape index (κ1) is 12.6. The van der Waals surface area contributed by atoms with Crippen LogP contribution in [-0.2, 0) is 11.8 Å². The molecule has 1 saturated heterocycles. The summed E-state index contributed by atoms with van der Waals surface area (Å²) in [6.07, 6.45) is 5.46. The van der Waals surface area contributed by atoms with Gasteiger partial charge in [0, 0.05) is 32.0 Å². The molecule has 2 heterocycles. The number of hydrogen-bond donors (Lipinski definition) is 0. The van der Waals surface area contributed by atoms with Crippen molar-refractivity contribution in [3.8, 4) is 0 Å². The van der Waals surface area contributed by atoms with Crippen LogP contribution in [-0.4, -0.2) is 38.7 Å². The van der Waals surface area contributed by atoms with Crippen LogP contribution in [0.4, 0.5) is 0 Å². The SMILES string of the molecule is CC(C)C(=O)N1CC(c2nncn2C)C2(CCC2)C1. The van der Waals surface area contributed by atoms with E-state index in [-0.39, 0.29) is 17.2 Å². The fourth-order valence-corrected chi connectivity index (χ4v) is 3.60. The average molecular weight is 262 g/mol. The summed E-state index contributed by atoms with van der Waals surface area (Å²) in [4.78, 5) is 14.3. The van der Waals surface area contributed by atoms with E-state index < -0.39 is 0 Å². The van der Waals surface area contributed by atoms with Crippen LogP contribution < -0.4 is 0 Å². The predicted octanol–water partition coefficient (Wildman–Crippen LogP) is 1.57. The van der Waals surface area contributed by atoms with Gasteiger partial charge in [-0.25, -0.2) is 0 Å². The maximum absolute atomic E-state index is 12.3. The van der Waals surface area contributed by atoms with Gasteiger partial charge >= 0.3 is 0 Å². The molecular weight excluding hydrogens is 240 g/mol. The van der Waals surface area contributed by atoms with E-state index in [1.807, 2.05) is 30.4 Å². The third-order valence-electron chi connectivity index (χ3n) is 4.86. The van der Waals surface area contributed by atoms with Gasteiger partial charge in [0.1, 0.15) is 12.2 Å². The molecule has 1 aliphatic carbocycles. The Labute approximate surface area is 114 Å². The van der Waals surface area contributed by atoms with Crippen LogP contribution in [0.2, 0.25) is 0 Å². The Bertz CT molecular complexity index is 489. The van der Waals surface area contributed by atoms with Gasteiger partial charge < -0.3 is 9.47 Å². The standard InChI is InChI=1S/C14H22N4O/c1-10(2)13(19)18-7-11(12-16-15-9-17(12)3)14(8-18)5-4-6-14/h9-11H,4-8H2,1-3H3. The lowest BCUT2D eigenvalue weighted by Gasteiger charge is -2.42. The molecule has 2 aliphatic rings. The van der Waals surface area contributed by atoms with Gasteiger partial charge in [0.15, 0.2) is 0 Å². The van der Waals surface area contributed by atoms with Crippen LogP contribution in [0.1, 0.15) is 44.9 Å². The van der Waals surface area contributed by atoms with Crippen molar-refractivity contribution in [1.82, 2.24) is 19.7 Å². The van der Waals surface area contributed by atoms with Crippen molar-refractivity contribution >= 4 is 5.91 Å². The summed E-state index contributed by atoms with van der Waals surface area (Å²) in [5.74, 6) is 1.75. The Kier molecular flexibility index (Phi) is 2.87. The minimum Gasteiger partial charge on any atom is -0.341 e. The Balaban J connectivity index is 1.88. The van der Waals surface area contributed by atoms with Crippen molar-refractivity contribution in [2.24, 2.45) is 18.4 Å². The maximum atomic E-state index is 12.3. The van der Waals surface area contributed by atoms with Gasteiger partial charge in [-0.05, 0) is 18.3 Å². The van der Waals surface area contributed by atoms with Crippen LogP contribution in [0.15, 0.2) is 6.33 Å². The Morgan fingerprint density at radius 3 is 2.68 bits per heavy atom. The zero-order valence-electron chi connectivity index (χ0n) is 12.0. The third kappa shape index (κ3) is 1.86. The lowest BCUT2D eigenvalue weighted by Crippen LogP contribution is -2.39. The molecule has 1 aromatic heterocycles. The minimum atomic E-state index is 0.0790. The van der Waals surface area contributed by atoms with Crippen molar-refractivity contribution < 1.29 is 4.79 Å². The summed E-state index contributed by atoms with van der Waals surface area (Å²) < 4.78 is 2.01. The van der Waals surface area contributed by atoms with Crippen LogP contribution in [0, 0.1) is 11.3 Å². The van der Waals surface area contributed by atoms with Crippen molar-refractivity contribution in [3.05, 3.63) is 12.2 Å². The number of rotatable bonds is 2. The molecular formula is C14H22N4O. The average Bonchev–Trinajstić information content (AvgIpc) is 2.90. The molecule has 1 spiro atoms. The first-order valence-corrected chi connectivity index (χ1v) is 7.16. The summed E-state index contributed by atoms with van der Waals surface area (Å²) >= 11 is 0. The Morgan fingerprint density at radius 2 is 2.21 bits per heavy atom. The van der Waals surface area contributed by atoms with Crippen molar-refractivity contribution in [1.29, 1.82) is 0 Å². The van der Waals surface area contributed by atoms with Crippen LogP contribution in [0.3, 0.4) is 0 Å². The van der Waals surface area contributed by atoms with Crippen molar-refractivity contribution in [2.75, 3.05) is 13.1 Å². The topological polar surface area (TPSA) is 51.0 Å². The van der Waals surface area contributed by atoms with E-state index in [0.29, 0.717) is 5.92 Å². The van der Waals surface area contributed by atoms with E-state index >= 15 is 0 Å². The molecule has 0 N–H and O–H groups in total. The van der Waals surface area contributed by atoms with Crippen molar-refractivity contribution in [3.63, 3.8) is 0 Å². The molecule has 1 saturated carbocycles. The fourth-order valence-electron chi connectivity index (χ4n) is 3.60. The van der Waals surface area contributed by atoms with E-state index in [2.05, 4.69) is 10.2 Å². The highest BCUT2D eigenvalue weighted by molar-refractivity contribution is 5.78. The predicted molar refractivity (Wildman–Crippen MR) is 71.4 cm³/mol. The van der Waals surface area contributed by atoms with E-state index in [0.717, 1.165) is 18.9 Å². The van der Waals surface area contributed by atoms with Crippen LogP contribution >= 0.6 is 0 Å². The van der Waals surface area contributed by atoms with Gasteiger partial charge in [0.25, 0.3) is 0 Å². The van der Waals surface area contributed by atoms with Gasteiger partial charge in [-0.3, -0.25) is 4.79 Å². The second kappa shape index (κ2) is 4.32. The number of likely N-dealkylation sites (tertiary alicyclic amines) is 1. The lowest BCUT2D eigenvalue weighted by molar-refractivity contribution is -0.134. The van der Waals surface area contributed by atoms with Crippen LogP contribution in [0.25, 0.3) is 0 Å². The quantitative estimate of drug-likeness (QED) is 0.813. The molecule has 1 atom stereocenters. The molecule has 1 aromatic rings. The lowest BCUT2D eigenvalue weighted by atomic mass is 9.62. The number of nitrogens with zero attached hydrogens (tertiary/aromatic N) is 4. The molecule has 1 unspecified atom stereocenters. The number of hydrogen-bond acceptors (Lipinski definition) is 3. The molecule has 3 rings (SSSR count). The van der Waals surface area contributed by atoms with Crippen molar-refractivity contribution in [2.45, 2.75) is 39.0 Å². The molecule has 0 radical (unpaired) electrons. The molecule has 1 aliphatic heterocycles. The van der Waals surface area contributed by atoms with Gasteiger partial charge in [0.05, 0.1) is 0 Å². The summed E-state index contributed by atoms with van der Waals surface area (Å²) in [6, 6.07) is 0. The number of carbonyl (C=O) groups is 1. The smallest absolute Gasteiger partial charge is 0.225 e. The van der Waals surface area contributed by atoms with Gasteiger partial charge in [-0.15, -0.1) is 10.2 Å². The fraction of sp³-hybridized carbons (Fsp3) is 0.786.